The zero-order valence-electron chi connectivity index (χ0n) is 29.1. The van der Waals surface area contributed by atoms with Crippen LogP contribution in [0.4, 0.5) is 5.69 Å². The standard InChI is InChI=1S/C36H42N4O10/c1-8-47-22-15-24(49-10-3)23(48-9-2)13-18(22)35-38-20-14-21(39(4)5)17-11-16-12-19-28(40(6)7)30(42)27(34(37)45)33(44)36(19,46)32(43)25(16)29(41)26(17)31(20)50-35/h13-16,19,28,42-43,46H,8-12H2,1-7H3,(H2,37,45)/t16-,19-,28-,36-/m0/s1. The van der Waals surface area contributed by atoms with E-state index in [4.69, 9.17) is 29.3 Å². The summed E-state index contributed by atoms with van der Waals surface area (Å²) in [5, 5.41) is 34.9. The van der Waals surface area contributed by atoms with Crippen molar-refractivity contribution in [3.05, 3.63) is 52.0 Å². The maximum atomic E-state index is 14.7. The second kappa shape index (κ2) is 12.7. The van der Waals surface area contributed by atoms with Gasteiger partial charge in [-0.3, -0.25) is 19.3 Å². The van der Waals surface area contributed by atoms with Gasteiger partial charge < -0.3 is 44.6 Å². The highest BCUT2D eigenvalue weighted by atomic mass is 16.5. The fourth-order valence-corrected chi connectivity index (χ4v) is 7.72. The summed E-state index contributed by atoms with van der Waals surface area (Å²) in [6.07, 6.45) is 0.262. The monoisotopic (exact) mass is 690 g/mol. The summed E-state index contributed by atoms with van der Waals surface area (Å²) in [4.78, 5) is 48.9. The number of anilines is 1. The molecule has 1 heterocycles. The van der Waals surface area contributed by atoms with E-state index in [9.17, 15) is 29.7 Å². The van der Waals surface area contributed by atoms with Crippen molar-refractivity contribution in [2.45, 2.75) is 45.3 Å². The summed E-state index contributed by atoms with van der Waals surface area (Å²) in [6, 6.07) is 4.18. The average molecular weight is 691 g/mol. The highest BCUT2D eigenvalue weighted by Crippen LogP contribution is 2.53. The quantitative estimate of drug-likeness (QED) is 0.226. The van der Waals surface area contributed by atoms with Crippen LogP contribution in [0.1, 0.15) is 43.1 Å². The van der Waals surface area contributed by atoms with Crippen molar-refractivity contribution in [1.29, 1.82) is 0 Å². The number of Topliss-reactive ketones (excluding diaryl/α,β-unsaturated/α-hetero) is 2. The van der Waals surface area contributed by atoms with Crippen LogP contribution in [-0.4, -0.2) is 102 Å². The molecule has 0 bridgehead atoms. The second-order valence-corrected chi connectivity index (χ2v) is 13.1. The number of allylic oxidation sites excluding steroid dienone is 1. The summed E-state index contributed by atoms with van der Waals surface area (Å²) in [5.74, 6) is -4.87. The van der Waals surface area contributed by atoms with Crippen LogP contribution in [0.5, 0.6) is 17.2 Å². The number of ketones is 2. The Balaban J connectivity index is 1.57. The molecule has 4 atom stereocenters. The SMILES string of the molecule is CCOc1cc(OCC)c(-c2nc3cc(N(C)C)c4c(c3o2)C(=O)C2=C(O)[C@]3(O)C(=O)C(C(N)=O)=C(O)[C@@H](N(C)C)[C@@H]3C[C@@H]2C4)cc1OCC. The Kier molecular flexibility index (Phi) is 8.81. The maximum absolute atomic E-state index is 14.7. The molecule has 5 N–H and O–H groups in total. The number of nitrogens with two attached hydrogens (primary N) is 1. The number of rotatable bonds is 10. The number of likely N-dealkylation sites (N-methyl/N-ethyl adjacent to an activating group) is 1. The first kappa shape index (κ1) is 34.8. The van der Waals surface area contributed by atoms with E-state index < -0.39 is 58.0 Å². The van der Waals surface area contributed by atoms with E-state index in [1.165, 1.54) is 4.90 Å². The number of hydrogen-bond donors (Lipinski definition) is 4. The minimum Gasteiger partial charge on any atom is -0.510 e. The van der Waals surface area contributed by atoms with Crippen LogP contribution in [0.25, 0.3) is 22.6 Å². The Bertz CT molecular complexity index is 1990. The smallest absolute Gasteiger partial charge is 0.255 e. The van der Waals surface area contributed by atoms with Gasteiger partial charge in [0.1, 0.15) is 28.4 Å². The number of carbonyl (C=O) groups is 3. The Morgan fingerprint density at radius 2 is 1.62 bits per heavy atom. The van der Waals surface area contributed by atoms with E-state index in [0.717, 1.165) is 0 Å². The number of aliphatic hydroxyl groups is 3. The Hall–Kier alpha value is -5.08. The van der Waals surface area contributed by atoms with Crippen molar-refractivity contribution in [3.63, 3.8) is 0 Å². The van der Waals surface area contributed by atoms with Crippen LogP contribution in [0.15, 0.2) is 45.3 Å². The summed E-state index contributed by atoms with van der Waals surface area (Å²) < 4.78 is 24.0. The minimum atomic E-state index is -2.69. The van der Waals surface area contributed by atoms with Gasteiger partial charge in [0.25, 0.3) is 5.91 Å². The van der Waals surface area contributed by atoms with Crippen molar-refractivity contribution in [2.24, 2.45) is 17.6 Å². The molecule has 3 aliphatic rings. The molecule has 266 valence electrons. The van der Waals surface area contributed by atoms with Crippen LogP contribution in [0.2, 0.25) is 0 Å². The summed E-state index contributed by atoms with van der Waals surface area (Å²) in [5.41, 5.74) is 4.19. The van der Waals surface area contributed by atoms with Gasteiger partial charge in [0.2, 0.25) is 11.7 Å². The van der Waals surface area contributed by atoms with Gasteiger partial charge in [-0.1, -0.05) is 0 Å². The van der Waals surface area contributed by atoms with Gasteiger partial charge in [0, 0.05) is 43.4 Å². The minimum absolute atomic E-state index is 0.0302. The molecule has 0 spiro atoms. The number of aliphatic hydroxyl groups excluding tert-OH is 2. The van der Waals surface area contributed by atoms with Gasteiger partial charge in [0.05, 0.1) is 37.0 Å². The van der Waals surface area contributed by atoms with Crippen molar-refractivity contribution >= 4 is 34.3 Å². The predicted octanol–water partition coefficient (Wildman–Crippen LogP) is 3.49. The summed E-state index contributed by atoms with van der Waals surface area (Å²) in [7, 11) is 6.88. The Labute approximate surface area is 288 Å². The molecule has 0 saturated carbocycles. The third kappa shape index (κ3) is 5.07. The molecule has 0 fully saturated rings. The number of benzene rings is 2. The third-order valence-corrected chi connectivity index (χ3v) is 9.74. The number of oxazole rings is 1. The van der Waals surface area contributed by atoms with Crippen LogP contribution in [0.3, 0.4) is 0 Å². The van der Waals surface area contributed by atoms with E-state index in [0.29, 0.717) is 59.4 Å². The van der Waals surface area contributed by atoms with Gasteiger partial charge >= 0.3 is 0 Å². The molecule has 0 aliphatic heterocycles. The number of carbonyl (C=O) groups excluding carboxylic acids is 3. The van der Waals surface area contributed by atoms with Gasteiger partial charge in [-0.05, 0) is 65.3 Å². The molecule has 3 aromatic rings. The van der Waals surface area contributed by atoms with Crippen molar-refractivity contribution in [3.8, 4) is 28.7 Å². The molecule has 1 amide bonds. The molecule has 14 heteroatoms. The van der Waals surface area contributed by atoms with Crippen molar-refractivity contribution in [1.82, 2.24) is 9.88 Å². The molecule has 50 heavy (non-hydrogen) atoms. The normalized spacial score (nSPS) is 23.2. The van der Waals surface area contributed by atoms with E-state index in [-0.39, 0.29) is 35.5 Å². The Morgan fingerprint density at radius 1 is 1.00 bits per heavy atom. The molecule has 0 saturated heterocycles. The molecule has 3 aliphatic carbocycles. The summed E-state index contributed by atoms with van der Waals surface area (Å²) >= 11 is 0. The Morgan fingerprint density at radius 3 is 2.20 bits per heavy atom. The van der Waals surface area contributed by atoms with Crippen molar-refractivity contribution in [2.75, 3.05) is 52.9 Å². The van der Waals surface area contributed by atoms with Crippen LogP contribution in [-0.2, 0) is 16.0 Å². The van der Waals surface area contributed by atoms with E-state index in [2.05, 4.69) is 0 Å². The molecule has 0 radical (unpaired) electrons. The fourth-order valence-electron chi connectivity index (χ4n) is 7.72. The lowest BCUT2D eigenvalue weighted by molar-refractivity contribution is -0.148. The van der Waals surface area contributed by atoms with Crippen molar-refractivity contribution < 1.29 is 48.3 Å². The first-order valence-corrected chi connectivity index (χ1v) is 16.6. The molecular weight excluding hydrogens is 648 g/mol. The highest BCUT2D eigenvalue weighted by Gasteiger charge is 2.63. The maximum Gasteiger partial charge on any atom is 0.255 e. The first-order valence-electron chi connectivity index (χ1n) is 16.6. The molecular formula is C36H42N4O10. The summed E-state index contributed by atoms with van der Waals surface area (Å²) in [6.45, 7) is 6.66. The van der Waals surface area contributed by atoms with Gasteiger partial charge in [-0.2, -0.15) is 0 Å². The number of primary amides is 1. The molecule has 0 unspecified atom stereocenters. The van der Waals surface area contributed by atoms with E-state index in [1.54, 1.807) is 26.2 Å². The molecule has 6 rings (SSSR count). The number of amides is 1. The number of fused-ring (bicyclic) bond motifs is 5. The van der Waals surface area contributed by atoms with E-state index in [1.807, 2.05) is 45.8 Å². The fraction of sp³-hybridized carbons (Fsp3) is 0.444. The predicted molar refractivity (Wildman–Crippen MR) is 183 cm³/mol. The second-order valence-electron chi connectivity index (χ2n) is 13.1. The lowest BCUT2D eigenvalue weighted by Crippen LogP contribution is -2.63. The average Bonchev–Trinajstić information content (AvgIpc) is 3.47. The molecule has 2 aromatic carbocycles. The lowest BCUT2D eigenvalue weighted by atomic mass is 9.58. The number of aromatic nitrogens is 1. The number of nitrogens with zero attached hydrogens (tertiary/aromatic N) is 3. The largest absolute Gasteiger partial charge is 0.510 e. The molecule has 1 aromatic heterocycles. The van der Waals surface area contributed by atoms with Crippen LogP contribution >= 0.6 is 0 Å². The topological polar surface area (TPSA) is 198 Å². The highest BCUT2D eigenvalue weighted by molar-refractivity contribution is 6.25. The first-order chi connectivity index (χ1) is 23.7. The van der Waals surface area contributed by atoms with E-state index >= 15 is 0 Å². The molecule has 14 nitrogen and oxygen atoms in total. The van der Waals surface area contributed by atoms with Crippen LogP contribution in [0, 0.1) is 11.8 Å². The number of hydrogen-bond acceptors (Lipinski definition) is 13. The van der Waals surface area contributed by atoms with Gasteiger partial charge in [-0.15, -0.1) is 0 Å². The third-order valence-electron chi connectivity index (χ3n) is 9.74. The van der Waals surface area contributed by atoms with Crippen LogP contribution < -0.4 is 24.8 Å². The van der Waals surface area contributed by atoms with Gasteiger partial charge in [-0.25, -0.2) is 4.98 Å². The van der Waals surface area contributed by atoms with Gasteiger partial charge in [0.15, 0.2) is 28.5 Å². The zero-order valence-corrected chi connectivity index (χ0v) is 29.1. The lowest BCUT2D eigenvalue weighted by Gasteiger charge is -2.50. The zero-order chi connectivity index (χ0) is 36.4. The number of ether oxygens (including phenoxy) is 3.